The molecule has 0 saturated heterocycles. The minimum atomic E-state index is 0.0127. The summed E-state index contributed by atoms with van der Waals surface area (Å²) in [5.41, 5.74) is 0.737. The third-order valence-electron chi connectivity index (χ3n) is 3.50. The van der Waals surface area contributed by atoms with E-state index in [1.807, 2.05) is 18.2 Å². The largest absolute Gasteiger partial charge is 0.352 e. The highest BCUT2D eigenvalue weighted by Crippen LogP contribution is 2.27. The fourth-order valence-corrected chi connectivity index (χ4v) is 3.52. The zero-order valence-electron chi connectivity index (χ0n) is 10.5. The maximum absolute atomic E-state index is 12.2. The third-order valence-corrected chi connectivity index (χ3v) is 5.37. The fraction of sp³-hybridized carbons (Fsp3) is 0.500. The smallest absolute Gasteiger partial charge is 0.252 e. The summed E-state index contributed by atoms with van der Waals surface area (Å²) in [5, 5.41) is 3.38. The second-order valence-electron chi connectivity index (χ2n) is 4.95. The van der Waals surface area contributed by atoms with E-state index in [-0.39, 0.29) is 5.91 Å². The molecule has 0 spiro atoms. The maximum Gasteiger partial charge on any atom is 0.252 e. The van der Waals surface area contributed by atoms with Crippen molar-refractivity contribution in [3.63, 3.8) is 0 Å². The zero-order valence-corrected chi connectivity index (χ0v) is 15.0. The molecule has 2 nitrogen and oxygen atoms in total. The molecular weight excluding hydrogens is 440 g/mol. The molecule has 1 aliphatic rings. The van der Waals surface area contributed by atoms with Crippen LogP contribution >= 0.6 is 50.1 Å². The predicted octanol–water partition coefficient (Wildman–Crippen LogP) is 4.58. The number of hydrogen-bond donors (Lipinski definition) is 1. The summed E-state index contributed by atoms with van der Waals surface area (Å²) in [4.78, 5) is 12.2. The van der Waals surface area contributed by atoms with Crippen molar-refractivity contribution in [2.24, 2.45) is 5.92 Å². The summed E-state index contributed by atoms with van der Waals surface area (Å²) in [5.74, 6) is 0.586. The molecule has 1 aromatic carbocycles. The van der Waals surface area contributed by atoms with Crippen LogP contribution in [0, 0.1) is 9.49 Å². The molecule has 0 bridgehead atoms. The Morgan fingerprint density at radius 3 is 2.74 bits per heavy atom. The first-order valence-corrected chi connectivity index (χ1v) is 8.74. The first kappa shape index (κ1) is 15.6. The summed E-state index contributed by atoms with van der Waals surface area (Å²) in [6.45, 7) is 0.755. The van der Waals surface area contributed by atoms with Crippen LogP contribution in [-0.2, 0) is 0 Å². The van der Waals surface area contributed by atoms with E-state index in [9.17, 15) is 4.79 Å². The molecule has 1 fully saturated rings. The van der Waals surface area contributed by atoms with Gasteiger partial charge in [0, 0.05) is 20.0 Å². The van der Waals surface area contributed by atoms with E-state index in [1.54, 1.807) is 0 Å². The molecule has 0 radical (unpaired) electrons. The van der Waals surface area contributed by atoms with E-state index < -0.39 is 0 Å². The summed E-state index contributed by atoms with van der Waals surface area (Å²) in [6.07, 6.45) is 4.36. The van der Waals surface area contributed by atoms with Gasteiger partial charge in [0.1, 0.15) is 0 Å². The zero-order chi connectivity index (χ0) is 13.8. The Morgan fingerprint density at radius 2 is 2.05 bits per heavy atom. The lowest BCUT2D eigenvalue weighted by Gasteiger charge is -2.25. The van der Waals surface area contributed by atoms with Crippen molar-refractivity contribution >= 4 is 56.0 Å². The first-order chi connectivity index (χ1) is 9.06. The highest BCUT2D eigenvalue weighted by molar-refractivity contribution is 14.1. The molecule has 1 aromatic rings. The van der Waals surface area contributed by atoms with Crippen LogP contribution in [0.4, 0.5) is 0 Å². The lowest BCUT2D eigenvalue weighted by atomic mass is 9.89. The molecule has 1 saturated carbocycles. The fourth-order valence-electron chi connectivity index (χ4n) is 2.33. The highest BCUT2D eigenvalue weighted by atomic mass is 127. The molecular formula is C14H16BrClINO. The van der Waals surface area contributed by atoms with Crippen molar-refractivity contribution in [1.29, 1.82) is 0 Å². The topological polar surface area (TPSA) is 29.1 Å². The molecule has 104 valence electrons. The summed E-state index contributed by atoms with van der Waals surface area (Å²) >= 11 is 11.7. The monoisotopic (exact) mass is 455 g/mol. The van der Waals surface area contributed by atoms with Gasteiger partial charge in [-0.05, 0) is 72.4 Å². The lowest BCUT2D eigenvalue weighted by Crippen LogP contribution is -2.31. The molecule has 19 heavy (non-hydrogen) atoms. The number of rotatable bonds is 3. The van der Waals surface area contributed by atoms with E-state index in [4.69, 9.17) is 11.6 Å². The minimum absolute atomic E-state index is 0.0127. The van der Waals surface area contributed by atoms with Crippen LogP contribution in [0.2, 0.25) is 0 Å². The Balaban J connectivity index is 1.89. The van der Waals surface area contributed by atoms with Crippen LogP contribution in [0.3, 0.4) is 0 Å². The number of alkyl halides is 1. The Labute approximate surface area is 140 Å². The van der Waals surface area contributed by atoms with E-state index in [2.05, 4.69) is 43.8 Å². The summed E-state index contributed by atoms with van der Waals surface area (Å²) in [6, 6.07) is 5.76. The van der Waals surface area contributed by atoms with Gasteiger partial charge in [0.15, 0.2) is 0 Å². The highest BCUT2D eigenvalue weighted by Gasteiger charge is 2.20. The SMILES string of the molecule is O=C(NCC1CCC(Cl)CC1)c1cc(Br)ccc1I. The van der Waals surface area contributed by atoms with Crippen LogP contribution in [0.5, 0.6) is 0 Å². The van der Waals surface area contributed by atoms with Crippen molar-refractivity contribution in [3.8, 4) is 0 Å². The van der Waals surface area contributed by atoms with Crippen molar-refractivity contribution in [2.75, 3.05) is 6.54 Å². The van der Waals surface area contributed by atoms with Crippen molar-refractivity contribution < 1.29 is 4.79 Å². The van der Waals surface area contributed by atoms with Gasteiger partial charge in [-0.15, -0.1) is 11.6 Å². The molecule has 0 unspecified atom stereocenters. The average Bonchev–Trinajstić information content (AvgIpc) is 2.40. The van der Waals surface area contributed by atoms with Crippen LogP contribution < -0.4 is 5.32 Å². The molecule has 2 rings (SSSR count). The van der Waals surface area contributed by atoms with Crippen LogP contribution in [0.1, 0.15) is 36.0 Å². The van der Waals surface area contributed by atoms with Crippen molar-refractivity contribution in [1.82, 2.24) is 5.32 Å². The van der Waals surface area contributed by atoms with E-state index in [0.29, 0.717) is 11.3 Å². The lowest BCUT2D eigenvalue weighted by molar-refractivity contribution is 0.0943. The van der Waals surface area contributed by atoms with Gasteiger partial charge in [-0.25, -0.2) is 0 Å². The van der Waals surface area contributed by atoms with Crippen molar-refractivity contribution in [3.05, 3.63) is 31.8 Å². The molecule has 5 heteroatoms. The van der Waals surface area contributed by atoms with Gasteiger partial charge < -0.3 is 5.32 Å². The molecule has 1 aliphatic carbocycles. The minimum Gasteiger partial charge on any atom is -0.352 e. The number of amides is 1. The second kappa shape index (κ2) is 7.27. The van der Waals surface area contributed by atoms with Gasteiger partial charge in [0.2, 0.25) is 0 Å². The number of benzene rings is 1. The normalized spacial score (nSPS) is 23.1. The standard InChI is InChI=1S/C14H16BrClINO/c15-10-3-6-13(17)12(7-10)14(19)18-8-9-1-4-11(16)5-2-9/h3,6-7,9,11H,1-2,4-5,8H2,(H,18,19). The van der Waals surface area contributed by atoms with Crippen molar-refractivity contribution in [2.45, 2.75) is 31.1 Å². The molecule has 0 aliphatic heterocycles. The van der Waals surface area contributed by atoms with Crippen LogP contribution in [0.15, 0.2) is 22.7 Å². The Hall–Kier alpha value is 0.190. The van der Waals surface area contributed by atoms with Gasteiger partial charge in [0.25, 0.3) is 5.91 Å². The molecule has 0 atom stereocenters. The van der Waals surface area contributed by atoms with Crippen LogP contribution in [0.25, 0.3) is 0 Å². The number of nitrogens with one attached hydrogen (secondary N) is 1. The molecule has 1 N–H and O–H groups in total. The Kier molecular flexibility index (Phi) is 5.96. The van der Waals surface area contributed by atoms with E-state index in [1.165, 1.54) is 0 Å². The maximum atomic E-state index is 12.2. The summed E-state index contributed by atoms with van der Waals surface area (Å²) < 4.78 is 1.91. The predicted molar refractivity (Wildman–Crippen MR) is 90.8 cm³/mol. The van der Waals surface area contributed by atoms with E-state index >= 15 is 0 Å². The van der Waals surface area contributed by atoms with Gasteiger partial charge >= 0.3 is 0 Å². The number of carbonyl (C=O) groups excluding carboxylic acids is 1. The van der Waals surface area contributed by atoms with Gasteiger partial charge in [-0.3, -0.25) is 4.79 Å². The number of carbonyl (C=O) groups is 1. The molecule has 1 amide bonds. The van der Waals surface area contributed by atoms with Crippen LogP contribution in [-0.4, -0.2) is 17.8 Å². The summed E-state index contributed by atoms with van der Waals surface area (Å²) in [7, 11) is 0. The molecule has 0 heterocycles. The number of halogens is 3. The van der Waals surface area contributed by atoms with Gasteiger partial charge in [-0.2, -0.15) is 0 Å². The van der Waals surface area contributed by atoms with Gasteiger partial charge in [0.05, 0.1) is 5.56 Å². The second-order valence-corrected chi connectivity index (χ2v) is 7.65. The first-order valence-electron chi connectivity index (χ1n) is 6.43. The third kappa shape index (κ3) is 4.60. The van der Waals surface area contributed by atoms with Gasteiger partial charge in [-0.1, -0.05) is 15.9 Å². The van der Waals surface area contributed by atoms with E-state index in [0.717, 1.165) is 45.8 Å². The Bertz CT molecular complexity index is 461. The Morgan fingerprint density at radius 1 is 1.37 bits per heavy atom. The molecule has 0 aromatic heterocycles. The quantitative estimate of drug-likeness (QED) is 0.524. The number of hydrogen-bond acceptors (Lipinski definition) is 1. The average molecular weight is 457 g/mol.